The number of hydrogen-bond acceptors (Lipinski definition) is 6. The maximum Gasteiger partial charge on any atom is 0.326 e. The highest BCUT2D eigenvalue weighted by molar-refractivity contribution is 6.03. The monoisotopic (exact) mass is 538 g/mol. The molecule has 9 nitrogen and oxygen atoms in total. The Balaban J connectivity index is 2.17. The van der Waals surface area contributed by atoms with Crippen LogP contribution in [0.2, 0.25) is 0 Å². The molecule has 0 aromatic heterocycles. The Morgan fingerprint density at radius 3 is 1.92 bits per heavy atom. The molecule has 2 atom stereocenters. The molecule has 1 fully saturated rings. The highest BCUT2D eigenvalue weighted by atomic mass is 16.6. The van der Waals surface area contributed by atoms with Crippen LogP contribution < -0.4 is 10.6 Å². The largest absolute Gasteiger partial charge is 0.480 e. The van der Waals surface area contributed by atoms with Gasteiger partial charge in [0.2, 0.25) is 17.7 Å². The molecule has 3 N–H and O–H groups in total. The van der Waals surface area contributed by atoms with Gasteiger partial charge in [-0.2, -0.15) is 0 Å². The number of rotatable bonds is 22. The third-order valence-corrected chi connectivity index (χ3v) is 6.97. The van der Waals surface area contributed by atoms with Gasteiger partial charge in [0.05, 0.1) is 5.92 Å². The number of carboxylic acids is 1. The number of aliphatic carboxylic acids is 1. The number of carbonyl (C=O) groups excluding carboxylic acids is 4. The van der Waals surface area contributed by atoms with Gasteiger partial charge in [0.25, 0.3) is 0 Å². The summed E-state index contributed by atoms with van der Waals surface area (Å²) in [4.78, 5) is 59.2. The predicted molar refractivity (Wildman–Crippen MR) is 145 cm³/mol. The molecule has 0 saturated carbocycles. The summed E-state index contributed by atoms with van der Waals surface area (Å²) in [5, 5.41) is 14.2. The van der Waals surface area contributed by atoms with Crippen molar-refractivity contribution in [1.82, 2.24) is 10.6 Å². The summed E-state index contributed by atoms with van der Waals surface area (Å²) in [5.74, 6) is -3.42. The van der Waals surface area contributed by atoms with E-state index >= 15 is 0 Å². The van der Waals surface area contributed by atoms with E-state index in [4.69, 9.17) is 4.74 Å². The van der Waals surface area contributed by atoms with Gasteiger partial charge in [0.1, 0.15) is 11.6 Å². The lowest BCUT2D eigenvalue weighted by Gasteiger charge is -2.27. The zero-order chi connectivity index (χ0) is 28.4. The quantitative estimate of drug-likeness (QED) is 0.0979. The molecule has 218 valence electrons. The second kappa shape index (κ2) is 18.7. The number of hydrogen-bond donors (Lipinski definition) is 3. The van der Waals surface area contributed by atoms with Gasteiger partial charge in [-0.3, -0.25) is 24.5 Å². The fraction of sp³-hybridized carbons (Fsp3) is 0.828. The van der Waals surface area contributed by atoms with Gasteiger partial charge >= 0.3 is 11.9 Å². The van der Waals surface area contributed by atoms with E-state index in [0.717, 1.165) is 19.3 Å². The molecule has 38 heavy (non-hydrogen) atoms. The molecule has 0 aromatic carbocycles. The highest BCUT2D eigenvalue weighted by Crippen LogP contribution is 2.26. The van der Waals surface area contributed by atoms with Crippen molar-refractivity contribution in [2.45, 2.75) is 148 Å². The third kappa shape index (κ3) is 15.7. The number of unbranched alkanes of at least 4 members (excludes halogenated alkanes) is 12. The number of imide groups is 1. The average Bonchev–Trinajstić information content (AvgIpc) is 3.14. The molecule has 3 amide bonds. The first kappa shape index (κ1) is 33.6. The van der Waals surface area contributed by atoms with Gasteiger partial charge in [0.15, 0.2) is 0 Å². The van der Waals surface area contributed by atoms with Gasteiger partial charge in [-0.25, -0.2) is 4.79 Å². The van der Waals surface area contributed by atoms with Crippen LogP contribution in [0.25, 0.3) is 0 Å². The van der Waals surface area contributed by atoms with E-state index in [1.165, 1.54) is 57.8 Å². The van der Waals surface area contributed by atoms with E-state index < -0.39 is 29.5 Å². The van der Waals surface area contributed by atoms with Crippen molar-refractivity contribution < 1.29 is 33.8 Å². The molecule has 1 aliphatic heterocycles. The predicted octanol–water partition coefficient (Wildman–Crippen LogP) is 5.19. The van der Waals surface area contributed by atoms with E-state index in [0.29, 0.717) is 6.42 Å². The van der Waals surface area contributed by atoms with Crippen molar-refractivity contribution in [3.63, 3.8) is 0 Å². The van der Waals surface area contributed by atoms with Gasteiger partial charge in [0, 0.05) is 19.3 Å². The molecule has 1 heterocycles. The molecule has 1 aliphatic rings. The summed E-state index contributed by atoms with van der Waals surface area (Å²) in [6, 6.07) is -1.17. The van der Waals surface area contributed by atoms with Crippen LogP contribution in [0.1, 0.15) is 136 Å². The molecule has 1 rings (SSSR count). The Kier molecular flexibility index (Phi) is 16.6. The van der Waals surface area contributed by atoms with Crippen molar-refractivity contribution in [3.8, 4) is 0 Å². The Morgan fingerprint density at radius 1 is 0.921 bits per heavy atom. The standard InChI is InChI=1S/C29H50N2O7/c1-4-5-6-7-8-9-10-11-12-13-14-15-16-17-24(32)30-23(28(36)37)18-19-26(34)38-29(2,3)21-22-20-25(33)31-27(22)35/h22-23H,4-21H2,1-3H3,(H,30,32)(H,36,37)(H,31,33,35)/t22?,23-/m1/s1. The molecule has 9 heteroatoms. The maximum atomic E-state index is 12.3. The van der Waals surface area contributed by atoms with Crippen molar-refractivity contribution in [2.24, 2.45) is 5.92 Å². The summed E-state index contributed by atoms with van der Waals surface area (Å²) in [7, 11) is 0. The zero-order valence-electron chi connectivity index (χ0n) is 23.8. The van der Waals surface area contributed by atoms with Crippen molar-refractivity contribution >= 4 is 29.7 Å². The van der Waals surface area contributed by atoms with E-state index in [2.05, 4.69) is 17.6 Å². The summed E-state index contributed by atoms with van der Waals surface area (Å²) in [6.45, 7) is 5.53. The fourth-order valence-electron chi connectivity index (χ4n) is 4.86. The van der Waals surface area contributed by atoms with Crippen molar-refractivity contribution in [3.05, 3.63) is 0 Å². The van der Waals surface area contributed by atoms with Gasteiger partial charge in [-0.1, -0.05) is 84.0 Å². The first-order valence-electron chi connectivity index (χ1n) is 14.6. The maximum absolute atomic E-state index is 12.3. The summed E-state index contributed by atoms with van der Waals surface area (Å²) < 4.78 is 5.44. The average molecular weight is 539 g/mol. The molecule has 1 unspecified atom stereocenters. The van der Waals surface area contributed by atoms with Crippen LogP contribution in [-0.2, 0) is 28.7 Å². The smallest absolute Gasteiger partial charge is 0.326 e. The molecule has 0 radical (unpaired) electrons. The minimum Gasteiger partial charge on any atom is -0.480 e. The summed E-state index contributed by atoms with van der Waals surface area (Å²) in [5.41, 5.74) is -0.986. The topological polar surface area (TPSA) is 139 Å². The second-order valence-electron chi connectivity index (χ2n) is 11.2. The number of carbonyl (C=O) groups is 5. The number of esters is 1. The Bertz CT molecular complexity index is 766. The van der Waals surface area contributed by atoms with Crippen LogP contribution in [0.3, 0.4) is 0 Å². The van der Waals surface area contributed by atoms with Crippen molar-refractivity contribution in [2.75, 3.05) is 0 Å². The lowest BCUT2D eigenvalue weighted by molar-refractivity contribution is -0.159. The van der Waals surface area contributed by atoms with Crippen LogP contribution in [-0.4, -0.2) is 46.4 Å². The third-order valence-electron chi connectivity index (χ3n) is 6.97. The van der Waals surface area contributed by atoms with Crippen LogP contribution in [0.15, 0.2) is 0 Å². The molecule has 0 aliphatic carbocycles. The molecule has 1 saturated heterocycles. The minimum atomic E-state index is -1.20. The Labute approximate surface area is 228 Å². The first-order chi connectivity index (χ1) is 18.0. The molecular formula is C29H50N2O7. The number of nitrogens with one attached hydrogen (secondary N) is 2. The second-order valence-corrected chi connectivity index (χ2v) is 11.2. The fourth-order valence-corrected chi connectivity index (χ4v) is 4.86. The SMILES string of the molecule is CCCCCCCCCCCCCCCC(=O)N[C@H](CCC(=O)OC(C)(C)CC1CC(=O)NC1=O)C(=O)O. The van der Waals surface area contributed by atoms with E-state index in [9.17, 15) is 29.1 Å². The number of carboxylic acid groups (broad SMARTS) is 1. The van der Waals surface area contributed by atoms with E-state index in [-0.39, 0.29) is 49.8 Å². The molecule has 0 bridgehead atoms. The van der Waals surface area contributed by atoms with Gasteiger partial charge in [-0.05, 0) is 33.1 Å². The van der Waals surface area contributed by atoms with E-state index in [1.54, 1.807) is 13.8 Å². The van der Waals surface area contributed by atoms with Crippen LogP contribution in [0.4, 0.5) is 0 Å². The summed E-state index contributed by atoms with van der Waals surface area (Å²) in [6.07, 6.45) is 15.9. The number of amides is 3. The lowest BCUT2D eigenvalue weighted by atomic mass is 9.92. The van der Waals surface area contributed by atoms with Crippen molar-refractivity contribution in [1.29, 1.82) is 0 Å². The van der Waals surface area contributed by atoms with Crippen LogP contribution in [0, 0.1) is 5.92 Å². The summed E-state index contributed by atoms with van der Waals surface area (Å²) >= 11 is 0. The van der Waals surface area contributed by atoms with Gasteiger partial charge < -0.3 is 15.2 Å². The molecular weight excluding hydrogens is 488 g/mol. The Morgan fingerprint density at radius 2 is 1.45 bits per heavy atom. The molecule has 0 aromatic rings. The number of ether oxygens (including phenoxy) is 1. The van der Waals surface area contributed by atoms with Crippen LogP contribution in [0.5, 0.6) is 0 Å². The minimum absolute atomic E-state index is 0.0617. The lowest BCUT2D eigenvalue weighted by Crippen LogP contribution is -2.41. The highest BCUT2D eigenvalue weighted by Gasteiger charge is 2.37. The van der Waals surface area contributed by atoms with Gasteiger partial charge in [-0.15, -0.1) is 0 Å². The normalized spacial score (nSPS) is 16.2. The van der Waals surface area contributed by atoms with E-state index in [1.807, 2.05) is 0 Å². The first-order valence-corrected chi connectivity index (χ1v) is 14.6. The molecule has 0 spiro atoms. The Hall–Kier alpha value is -2.45. The van der Waals surface area contributed by atoms with Crippen LogP contribution >= 0.6 is 0 Å². The zero-order valence-corrected chi connectivity index (χ0v) is 23.8.